The van der Waals surface area contributed by atoms with Gasteiger partial charge in [0.25, 0.3) is 0 Å². The molecule has 27 heavy (non-hydrogen) atoms. The van der Waals surface area contributed by atoms with Crippen LogP contribution in [0.3, 0.4) is 0 Å². The van der Waals surface area contributed by atoms with Gasteiger partial charge < -0.3 is 14.8 Å². The van der Waals surface area contributed by atoms with Crippen molar-refractivity contribution in [2.45, 2.75) is 12.5 Å². The Hall–Kier alpha value is -2.40. The van der Waals surface area contributed by atoms with E-state index in [0.29, 0.717) is 32.6 Å². The molecule has 2 aromatic rings. The van der Waals surface area contributed by atoms with Gasteiger partial charge >= 0.3 is 0 Å². The van der Waals surface area contributed by atoms with Gasteiger partial charge in [0.2, 0.25) is 0 Å². The molecule has 2 aromatic carbocycles. The lowest BCUT2D eigenvalue weighted by Crippen LogP contribution is -2.35. The summed E-state index contributed by atoms with van der Waals surface area (Å²) >= 11 is 0. The first-order valence-corrected chi connectivity index (χ1v) is 9.33. The van der Waals surface area contributed by atoms with Crippen molar-refractivity contribution in [1.82, 2.24) is 4.90 Å². The third-order valence-corrected chi connectivity index (χ3v) is 4.68. The van der Waals surface area contributed by atoms with Crippen LogP contribution >= 0.6 is 0 Å². The SMILES string of the molecule is C=CCOCNc1cccc([C@@H]2CN(COCC=C)Cc3ccccc32)c1.[HH]. The highest BCUT2D eigenvalue weighted by atomic mass is 16.5. The summed E-state index contributed by atoms with van der Waals surface area (Å²) in [6.07, 6.45) is 3.54. The van der Waals surface area contributed by atoms with Gasteiger partial charge in [-0.3, -0.25) is 4.90 Å². The van der Waals surface area contributed by atoms with E-state index in [9.17, 15) is 0 Å². The van der Waals surface area contributed by atoms with Crippen molar-refractivity contribution < 1.29 is 10.9 Å². The molecule has 0 bridgehead atoms. The van der Waals surface area contributed by atoms with Gasteiger partial charge in [-0.1, -0.05) is 48.6 Å². The Balaban J connectivity index is 0.00000280. The molecule has 4 nitrogen and oxygen atoms in total. The van der Waals surface area contributed by atoms with Gasteiger partial charge in [-0.15, -0.1) is 13.2 Å². The van der Waals surface area contributed by atoms with Crippen LogP contribution in [-0.4, -0.2) is 38.1 Å². The topological polar surface area (TPSA) is 33.7 Å². The van der Waals surface area contributed by atoms with E-state index in [4.69, 9.17) is 9.47 Å². The van der Waals surface area contributed by atoms with Crippen molar-refractivity contribution in [1.29, 1.82) is 0 Å². The summed E-state index contributed by atoms with van der Waals surface area (Å²) in [5.41, 5.74) is 5.12. The molecule has 0 unspecified atom stereocenters. The summed E-state index contributed by atoms with van der Waals surface area (Å²) in [5.74, 6) is 0.318. The first-order valence-electron chi connectivity index (χ1n) is 9.33. The van der Waals surface area contributed by atoms with E-state index in [-0.39, 0.29) is 1.43 Å². The van der Waals surface area contributed by atoms with E-state index < -0.39 is 0 Å². The predicted molar refractivity (Wildman–Crippen MR) is 113 cm³/mol. The van der Waals surface area contributed by atoms with E-state index in [0.717, 1.165) is 18.8 Å². The smallest absolute Gasteiger partial charge is 0.116 e. The van der Waals surface area contributed by atoms with Crippen molar-refractivity contribution in [2.24, 2.45) is 0 Å². The second kappa shape index (κ2) is 10.1. The molecule has 0 saturated carbocycles. The average molecular weight is 367 g/mol. The number of nitrogens with zero attached hydrogens (tertiary/aromatic N) is 1. The number of anilines is 1. The molecule has 1 aliphatic heterocycles. The zero-order valence-corrected chi connectivity index (χ0v) is 15.8. The quantitative estimate of drug-likeness (QED) is 0.378. The lowest BCUT2D eigenvalue weighted by Gasteiger charge is -2.34. The van der Waals surface area contributed by atoms with Crippen molar-refractivity contribution >= 4 is 5.69 Å². The van der Waals surface area contributed by atoms with Crippen LogP contribution in [0.1, 0.15) is 24.0 Å². The van der Waals surface area contributed by atoms with E-state index in [1.165, 1.54) is 16.7 Å². The molecule has 0 aliphatic carbocycles. The molecule has 3 rings (SSSR count). The van der Waals surface area contributed by atoms with Crippen molar-refractivity contribution in [3.05, 3.63) is 90.5 Å². The minimum absolute atomic E-state index is 0. The summed E-state index contributed by atoms with van der Waals surface area (Å²) < 4.78 is 11.1. The molecule has 1 atom stereocenters. The average Bonchev–Trinajstić information content (AvgIpc) is 2.71. The van der Waals surface area contributed by atoms with Crippen LogP contribution in [0.5, 0.6) is 0 Å². The van der Waals surface area contributed by atoms with Crippen LogP contribution in [0.15, 0.2) is 73.8 Å². The molecule has 144 valence electrons. The van der Waals surface area contributed by atoms with Crippen LogP contribution in [-0.2, 0) is 16.0 Å². The van der Waals surface area contributed by atoms with Crippen LogP contribution in [0.2, 0.25) is 0 Å². The maximum atomic E-state index is 5.69. The molecule has 0 spiro atoms. The Kier molecular flexibility index (Phi) is 7.22. The number of ether oxygens (including phenoxy) is 2. The first-order chi connectivity index (χ1) is 13.3. The zero-order chi connectivity index (χ0) is 18.9. The van der Waals surface area contributed by atoms with Gasteiger partial charge in [0.15, 0.2) is 0 Å². The molecule has 1 heterocycles. The fourth-order valence-corrected chi connectivity index (χ4v) is 3.47. The molecule has 0 aromatic heterocycles. The van der Waals surface area contributed by atoms with E-state index in [1.54, 1.807) is 12.2 Å². The van der Waals surface area contributed by atoms with Gasteiger partial charge in [0, 0.05) is 26.1 Å². The normalized spacial score (nSPS) is 16.5. The van der Waals surface area contributed by atoms with Crippen molar-refractivity contribution in [3.63, 3.8) is 0 Å². The summed E-state index contributed by atoms with van der Waals surface area (Å²) in [7, 11) is 0. The maximum Gasteiger partial charge on any atom is 0.116 e. The third-order valence-electron chi connectivity index (χ3n) is 4.68. The first kappa shape index (κ1) is 19.4. The summed E-state index contributed by atoms with van der Waals surface area (Å²) in [6.45, 7) is 11.4. The van der Waals surface area contributed by atoms with Gasteiger partial charge in [-0.25, -0.2) is 0 Å². The summed E-state index contributed by atoms with van der Waals surface area (Å²) in [6, 6.07) is 17.3. The molecule has 1 N–H and O–H groups in total. The number of benzene rings is 2. The number of hydrogen-bond donors (Lipinski definition) is 1. The van der Waals surface area contributed by atoms with Crippen molar-refractivity contribution in [2.75, 3.05) is 38.5 Å². The van der Waals surface area contributed by atoms with Gasteiger partial charge in [0.1, 0.15) is 6.73 Å². The Labute approximate surface area is 163 Å². The number of nitrogens with one attached hydrogen (secondary N) is 1. The molecule has 0 fully saturated rings. The number of hydrogen-bond acceptors (Lipinski definition) is 4. The molecule has 4 heteroatoms. The van der Waals surface area contributed by atoms with E-state index in [1.807, 2.05) is 0 Å². The number of fused-ring (bicyclic) bond motifs is 1. The minimum atomic E-state index is 0. The Bertz CT molecular complexity index is 766. The van der Waals surface area contributed by atoms with Crippen LogP contribution < -0.4 is 5.32 Å². The van der Waals surface area contributed by atoms with Crippen molar-refractivity contribution in [3.8, 4) is 0 Å². The molecule has 1 aliphatic rings. The predicted octanol–water partition coefficient (Wildman–Crippen LogP) is 4.61. The van der Waals surface area contributed by atoms with E-state index in [2.05, 4.69) is 71.9 Å². The Morgan fingerprint density at radius 1 is 1.07 bits per heavy atom. The lowest BCUT2D eigenvalue weighted by molar-refractivity contribution is 0.0325. The molecule has 0 amide bonds. The van der Waals surface area contributed by atoms with Gasteiger partial charge in [-0.2, -0.15) is 0 Å². The standard InChI is InChI=1S/C23H28N2O2.H2/c1-3-12-26-17-24-21-10-7-9-19(14-21)23-16-25(18-27-13-4-2)15-20-8-5-6-11-22(20)23;/h3-11,14,23-24H,1-2,12-13,15-18H2;1H/t23-;/m0./s1. The molecular formula is C23H30N2O2. The second-order valence-corrected chi connectivity index (χ2v) is 6.66. The second-order valence-electron chi connectivity index (χ2n) is 6.66. The molecule has 0 radical (unpaired) electrons. The third kappa shape index (κ3) is 5.30. The monoisotopic (exact) mass is 366 g/mol. The van der Waals surface area contributed by atoms with Crippen LogP contribution in [0.25, 0.3) is 0 Å². The largest absolute Gasteiger partial charge is 0.363 e. The van der Waals surface area contributed by atoms with Gasteiger partial charge in [-0.05, 0) is 28.8 Å². The fraction of sp³-hybridized carbons (Fsp3) is 0.304. The minimum Gasteiger partial charge on any atom is -0.363 e. The highest BCUT2D eigenvalue weighted by molar-refractivity contribution is 5.49. The summed E-state index contributed by atoms with van der Waals surface area (Å²) in [5, 5.41) is 3.32. The molecule has 0 saturated heterocycles. The van der Waals surface area contributed by atoms with Crippen LogP contribution in [0.4, 0.5) is 5.69 Å². The molecular weight excluding hydrogens is 336 g/mol. The summed E-state index contributed by atoms with van der Waals surface area (Å²) in [4.78, 5) is 2.35. The zero-order valence-electron chi connectivity index (χ0n) is 15.8. The van der Waals surface area contributed by atoms with Crippen LogP contribution in [0, 0.1) is 0 Å². The fourth-order valence-electron chi connectivity index (χ4n) is 3.47. The lowest BCUT2D eigenvalue weighted by atomic mass is 9.84. The maximum absolute atomic E-state index is 5.69. The van der Waals surface area contributed by atoms with E-state index >= 15 is 0 Å². The van der Waals surface area contributed by atoms with Gasteiger partial charge in [0.05, 0.1) is 19.9 Å². The Morgan fingerprint density at radius 3 is 2.74 bits per heavy atom. The number of rotatable bonds is 10. The Morgan fingerprint density at radius 2 is 1.89 bits per heavy atom. The highest BCUT2D eigenvalue weighted by Crippen LogP contribution is 2.34. The highest BCUT2D eigenvalue weighted by Gasteiger charge is 2.26.